The second kappa shape index (κ2) is 9.11. The van der Waals surface area contributed by atoms with Crippen molar-refractivity contribution in [1.82, 2.24) is 10.2 Å². The molecule has 1 saturated heterocycles. The minimum Gasteiger partial charge on any atom is -0.496 e. The summed E-state index contributed by atoms with van der Waals surface area (Å²) < 4.78 is 22.0. The van der Waals surface area contributed by atoms with Crippen LogP contribution in [0.1, 0.15) is 19.4 Å². The fraction of sp³-hybridized carbons (Fsp3) is 0.667. The van der Waals surface area contributed by atoms with Crippen molar-refractivity contribution in [3.63, 3.8) is 0 Å². The van der Waals surface area contributed by atoms with E-state index in [1.165, 1.54) is 0 Å². The zero-order valence-electron chi connectivity index (χ0n) is 15.4. The zero-order valence-corrected chi connectivity index (χ0v) is 15.4. The van der Waals surface area contributed by atoms with Crippen molar-refractivity contribution in [3.8, 4) is 17.2 Å². The van der Waals surface area contributed by atoms with E-state index in [0.717, 1.165) is 49.0 Å². The normalized spacial score (nSPS) is 21.5. The van der Waals surface area contributed by atoms with E-state index >= 15 is 0 Å². The molecular weight excluding hydrogens is 308 g/mol. The quantitative estimate of drug-likeness (QED) is 0.731. The number of nitrogens with one attached hydrogen (secondary N) is 1. The van der Waals surface area contributed by atoms with Gasteiger partial charge in [0, 0.05) is 44.9 Å². The maximum atomic E-state index is 5.77. The monoisotopic (exact) mass is 338 g/mol. The van der Waals surface area contributed by atoms with E-state index in [9.17, 15) is 0 Å². The Balaban J connectivity index is 1.89. The van der Waals surface area contributed by atoms with Crippen LogP contribution in [0, 0.1) is 0 Å². The number of nitrogens with zero attached hydrogens (tertiary/aromatic N) is 1. The van der Waals surface area contributed by atoms with Crippen LogP contribution in [0.2, 0.25) is 0 Å². The molecule has 6 heteroatoms. The van der Waals surface area contributed by atoms with Gasteiger partial charge in [0.1, 0.15) is 17.2 Å². The van der Waals surface area contributed by atoms with E-state index in [1.807, 2.05) is 12.1 Å². The minimum absolute atomic E-state index is 0.301. The molecule has 0 radical (unpaired) electrons. The molecule has 2 unspecified atom stereocenters. The lowest BCUT2D eigenvalue weighted by atomic mass is 10.1. The molecule has 1 fully saturated rings. The van der Waals surface area contributed by atoms with Crippen LogP contribution in [-0.2, 0) is 11.3 Å². The lowest BCUT2D eigenvalue weighted by Crippen LogP contribution is -2.47. The molecular formula is C18H30N2O4. The van der Waals surface area contributed by atoms with Crippen molar-refractivity contribution in [2.75, 3.05) is 47.5 Å². The van der Waals surface area contributed by atoms with Crippen LogP contribution >= 0.6 is 0 Å². The molecule has 0 amide bonds. The van der Waals surface area contributed by atoms with E-state index < -0.39 is 0 Å². The predicted molar refractivity (Wildman–Crippen MR) is 94.3 cm³/mol. The highest BCUT2D eigenvalue weighted by Crippen LogP contribution is 2.33. The predicted octanol–water partition coefficient (Wildman–Crippen LogP) is 1.91. The largest absolute Gasteiger partial charge is 0.496 e. The molecule has 0 aromatic heterocycles. The SMILES string of the molecule is COc1cc(OC)c(CNCCN2CC(C)OC(C)C2)c(OC)c1. The molecule has 0 spiro atoms. The Hall–Kier alpha value is -1.50. The Morgan fingerprint density at radius 3 is 2.12 bits per heavy atom. The van der Waals surface area contributed by atoms with Gasteiger partial charge in [0.05, 0.1) is 39.1 Å². The standard InChI is InChI=1S/C18H30N2O4/c1-13-11-20(12-14(2)24-13)7-6-19-10-16-17(22-4)8-15(21-3)9-18(16)23-5/h8-9,13-14,19H,6-7,10-12H2,1-5H3. The topological polar surface area (TPSA) is 52.2 Å². The molecule has 2 atom stereocenters. The van der Waals surface area contributed by atoms with Crippen LogP contribution in [0.4, 0.5) is 0 Å². The summed E-state index contributed by atoms with van der Waals surface area (Å²) in [5.74, 6) is 2.27. The van der Waals surface area contributed by atoms with Crippen molar-refractivity contribution in [3.05, 3.63) is 17.7 Å². The molecule has 1 aromatic rings. The minimum atomic E-state index is 0.301. The third-order valence-corrected chi connectivity index (χ3v) is 4.22. The maximum Gasteiger partial charge on any atom is 0.130 e. The van der Waals surface area contributed by atoms with Crippen molar-refractivity contribution in [2.45, 2.75) is 32.6 Å². The van der Waals surface area contributed by atoms with Gasteiger partial charge in [-0.2, -0.15) is 0 Å². The average Bonchev–Trinajstić information content (AvgIpc) is 2.57. The third-order valence-electron chi connectivity index (χ3n) is 4.22. The average molecular weight is 338 g/mol. The van der Waals surface area contributed by atoms with Gasteiger partial charge in [-0.15, -0.1) is 0 Å². The molecule has 0 saturated carbocycles. The highest BCUT2D eigenvalue weighted by atomic mass is 16.5. The van der Waals surface area contributed by atoms with Crippen LogP contribution in [0.25, 0.3) is 0 Å². The number of methoxy groups -OCH3 is 3. The number of hydrogen-bond acceptors (Lipinski definition) is 6. The molecule has 1 aliphatic heterocycles. The first-order valence-electron chi connectivity index (χ1n) is 8.44. The van der Waals surface area contributed by atoms with Gasteiger partial charge in [0.2, 0.25) is 0 Å². The van der Waals surface area contributed by atoms with Crippen LogP contribution in [0.5, 0.6) is 17.2 Å². The molecule has 1 N–H and O–H groups in total. The van der Waals surface area contributed by atoms with E-state index in [2.05, 4.69) is 24.1 Å². The summed E-state index contributed by atoms with van der Waals surface area (Å²) >= 11 is 0. The number of ether oxygens (including phenoxy) is 4. The van der Waals surface area contributed by atoms with E-state index in [1.54, 1.807) is 21.3 Å². The summed E-state index contributed by atoms with van der Waals surface area (Å²) in [7, 11) is 4.96. The summed E-state index contributed by atoms with van der Waals surface area (Å²) in [5.41, 5.74) is 1.00. The van der Waals surface area contributed by atoms with Gasteiger partial charge >= 0.3 is 0 Å². The Kier molecular flexibility index (Phi) is 7.15. The summed E-state index contributed by atoms with van der Waals surface area (Å²) in [6, 6.07) is 3.76. The van der Waals surface area contributed by atoms with Crippen LogP contribution in [0.15, 0.2) is 12.1 Å². The van der Waals surface area contributed by atoms with Gasteiger partial charge < -0.3 is 24.3 Å². The van der Waals surface area contributed by atoms with E-state index in [4.69, 9.17) is 18.9 Å². The molecule has 2 rings (SSSR count). The van der Waals surface area contributed by atoms with Gasteiger partial charge in [-0.1, -0.05) is 0 Å². The Labute approximate surface area is 145 Å². The highest BCUT2D eigenvalue weighted by Gasteiger charge is 2.21. The van der Waals surface area contributed by atoms with Crippen molar-refractivity contribution in [1.29, 1.82) is 0 Å². The smallest absolute Gasteiger partial charge is 0.130 e. The highest BCUT2D eigenvalue weighted by molar-refractivity contribution is 5.50. The fourth-order valence-electron chi connectivity index (χ4n) is 3.17. The maximum absolute atomic E-state index is 5.77. The van der Waals surface area contributed by atoms with Crippen molar-refractivity contribution in [2.24, 2.45) is 0 Å². The molecule has 6 nitrogen and oxygen atoms in total. The van der Waals surface area contributed by atoms with E-state index in [0.29, 0.717) is 18.8 Å². The number of morpholine rings is 1. The lowest BCUT2D eigenvalue weighted by Gasteiger charge is -2.35. The summed E-state index contributed by atoms with van der Waals surface area (Å²) in [6.45, 7) is 8.82. The Bertz CT molecular complexity index is 489. The summed E-state index contributed by atoms with van der Waals surface area (Å²) in [5, 5.41) is 3.48. The second-order valence-corrected chi connectivity index (χ2v) is 6.20. The van der Waals surface area contributed by atoms with Crippen LogP contribution in [0.3, 0.4) is 0 Å². The zero-order chi connectivity index (χ0) is 17.5. The van der Waals surface area contributed by atoms with Gasteiger partial charge in [-0.3, -0.25) is 4.90 Å². The Morgan fingerprint density at radius 1 is 1.04 bits per heavy atom. The first kappa shape index (κ1) is 18.8. The molecule has 136 valence electrons. The van der Waals surface area contributed by atoms with Gasteiger partial charge in [-0.25, -0.2) is 0 Å². The molecule has 1 heterocycles. The van der Waals surface area contributed by atoms with Crippen molar-refractivity contribution >= 4 is 0 Å². The molecule has 0 aliphatic carbocycles. The summed E-state index contributed by atoms with van der Waals surface area (Å²) in [4.78, 5) is 2.44. The molecule has 1 aromatic carbocycles. The third kappa shape index (κ3) is 5.00. The number of hydrogen-bond donors (Lipinski definition) is 1. The summed E-state index contributed by atoms with van der Waals surface area (Å²) in [6.07, 6.45) is 0.603. The molecule has 24 heavy (non-hydrogen) atoms. The van der Waals surface area contributed by atoms with Crippen LogP contribution in [-0.4, -0.2) is 64.6 Å². The van der Waals surface area contributed by atoms with E-state index in [-0.39, 0.29) is 0 Å². The number of rotatable bonds is 8. The van der Waals surface area contributed by atoms with Gasteiger partial charge in [0.25, 0.3) is 0 Å². The number of benzene rings is 1. The first-order valence-corrected chi connectivity index (χ1v) is 8.44. The first-order chi connectivity index (χ1) is 11.6. The fourth-order valence-corrected chi connectivity index (χ4v) is 3.17. The van der Waals surface area contributed by atoms with Gasteiger partial charge in [-0.05, 0) is 13.8 Å². The molecule has 0 bridgehead atoms. The Morgan fingerprint density at radius 2 is 1.62 bits per heavy atom. The van der Waals surface area contributed by atoms with Crippen LogP contribution < -0.4 is 19.5 Å². The second-order valence-electron chi connectivity index (χ2n) is 6.20. The van der Waals surface area contributed by atoms with Gasteiger partial charge in [0.15, 0.2) is 0 Å². The molecule has 1 aliphatic rings. The lowest BCUT2D eigenvalue weighted by molar-refractivity contribution is -0.0674. The van der Waals surface area contributed by atoms with Crippen molar-refractivity contribution < 1.29 is 18.9 Å².